The molecule has 2 aromatic carbocycles. The number of carbonyl (C=O) groups is 2. The Morgan fingerprint density at radius 1 is 1.23 bits per heavy atom. The number of aryl methyl sites for hydroxylation is 1. The predicted octanol–water partition coefficient (Wildman–Crippen LogP) is 2.87. The molecule has 114 valence electrons. The van der Waals surface area contributed by atoms with Crippen LogP contribution in [0.1, 0.15) is 15.9 Å². The zero-order valence-electron chi connectivity index (χ0n) is 11.9. The largest absolute Gasteiger partial charge is 0.484 e. The molecular formula is C16H15BrN2O3. The summed E-state index contributed by atoms with van der Waals surface area (Å²) in [6.07, 6.45) is 0. The first-order chi connectivity index (χ1) is 10.5. The van der Waals surface area contributed by atoms with E-state index in [1.165, 1.54) is 0 Å². The van der Waals surface area contributed by atoms with Crippen molar-refractivity contribution in [1.29, 1.82) is 0 Å². The lowest BCUT2D eigenvalue weighted by molar-refractivity contribution is -0.119. The third-order valence-corrected chi connectivity index (χ3v) is 3.78. The van der Waals surface area contributed by atoms with Crippen LogP contribution >= 0.6 is 15.9 Å². The second-order valence-corrected chi connectivity index (χ2v) is 5.56. The Kier molecular flexibility index (Phi) is 5.16. The Hall–Kier alpha value is -2.34. The third kappa shape index (κ3) is 4.33. The van der Waals surface area contributed by atoms with Crippen LogP contribution in [0, 0.1) is 6.92 Å². The first-order valence-electron chi connectivity index (χ1n) is 6.54. The van der Waals surface area contributed by atoms with Gasteiger partial charge in [-0.15, -0.1) is 0 Å². The van der Waals surface area contributed by atoms with E-state index in [4.69, 9.17) is 10.5 Å². The van der Waals surface area contributed by atoms with Gasteiger partial charge in [-0.2, -0.15) is 0 Å². The summed E-state index contributed by atoms with van der Waals surface area (Å²) in [7, 11) is 0. The zero-order chi connectivity index (χ0) is 16.1. The number of rotatable bonds is 5. The van der Waals surface area contributed by atoms with E-state index in [0.717, 1.165) is 10.0 Å². The fourth-order valence-corrected chi connectivity index (χ4v) is 2.05. The van der Waals surface area contributed by atoms with Crippen LogP contribution in [0.3, 0.4) is 0 Å². The summed E-state index contributed by atoms with van der Waals surface area (Å²) in [5.74, 6) is -0.412. The van der Waals surface area contributed by atoms with Crippen molar-refractivity contribution in [2.45, 2.75) is 6.92 Å². The molecule has 0 bridgehead atoms. The zero-order valence-corrected chi connectivity index (χ0v) is 13.5. The molecule has 22 heavy (non-hydrogen) atoms. The Morgan fingerprint density at radius 2 is 2.00 bits per heavy atom. The lowest BCUT2D eigenvalue weighted by Crippen LogP contribution is -2.20. The quantitative estimate of drug-likeness (QED) is 0.857. The molecule has 0 atom stereocenters. The number of ether oxygens (including phenoxy) is 1. The van der Waals surface area contributed by atoms with E-state index in [-0.39, 0.29) is 12.5 Å². The van der Waals surface area contributed by atoms with Gasteiger partial charge in [-0.25, -0.2) is 0 Å². The van der Waals surface area contributed by atoms with E-state index in [1.807, 2.05) is 25.1 Å². The summed E-state index contributed by atoms with van der Waals surface area (Å²) >= 11 is 3.41. The molecule has 2 aromatic rings. The van der Waals surface area contributed by atoms with Gasteiger partial charge in [-0.3, -0.25) is 9.59 Å². The summed E-state index contributed by atoms with van der Waals surface area (Å²) in [6.45, 7) is 1.72. The maximum Gasteiger partial charge on any atom is 0.255 e. The standard InChI is InChI=1S/C16H15BrN2O3/c1-10-7-12(5-6-14(10)17)19-16(21)11-3-2-4-13(8-11)22-9-15(18)20/h2-8H,9H2,1H3,(H2,18,20)(H,19,21). The van der Waals surface area contributed by atoms with Crippen LogP contribution in [0.5, 0.6) is 5.75 Å². The molecule has 6 heteroatoms. The van der Waals surface area contributed by atoms with Crippen molar-refractivity contribution in [2.75, 3.05) is 11.9 Å². The summed E-state index contributed by atoms with van der Waals surface area (Å²) < 4.78 is 6.16. The molecular weight excluding hydrogens is 348 g/mol. The fraction of sp³-hybridized carbons (Fsp3) is 0.125. The molecule has 2 rings (SSSR count). The van der Waals surface area contributed by atoms with Gasteiger partial charge in [0.1, 0.15) is 5.75 Å². The molecule has 0 heterocycles. The molecule has 0 radical (unpaired) electrons. The van der Waals surface area contributed by atoms with E-state index in [9.17, 15) is 9.59 Å². The number of hydrogen-bond acceptors (Lipinski definition) is 3. The highest BCUT2D eigenvalue weighted by molar-refractivity contribution is 9.10. The number of amides is 2. The molecule has 0 aromatic heterocycles. The Balaban J connectivity index is 2.10. The Labute approximate surface area is 136 Å². The maximum absolute atomic E-state index is 12.2. The summed E-state index contributed by atoms with van der Waals surface area (Å²) in [5.41, 5.74) is 7.18. The second-order valence-electron chi connectivity index (χ2n) is 4.70. The minimum absolute atomic E-state index is 0.225. The summed E-state index contributed by atoms with van der Waals surface area (Å²) in [4.78, 5) is 22.9. The first-order valence-corrected chi connectivity index (χ1v) is 7.33. The number of hydrogen-bond donors (Lipinski definition) is 2. The number of nitrogens with one attached hydrogen (secondary N) is 1. The van der Waals surface area contributed by atoms with Crippen LogP contribution < -0.4 is 15.8 Å². The van der Waals surface area contributed by atoms with E-state index < -0.39 is 5.91 Å². The molecule has 0 aliphatic carbocycles. The average Bonchev–Trinajstić information content (AvgIpc) is 2.49. The van der Waals surface area contributed by atoms with Gasteiger partial charge in [0.05, 0.1) is 0 Å². The number of carbonyl (C=O) groups excluding carboxylic acids is 2. The Bertz CT molecular complexity index is 716. The minimum atomic E-state index is -0.569. The van der Waals surface area contributed by atoms with Crippen LogP contribution in [-0.2, 0) is 4.79 Å². The lowest BCUT2D eigenvalue weighted by Gasteiger charge is -2.09. The van der Waals surface area contributed by atoms with Gasteiger partial charge >= 0.3 is 0 Å². The molecule has 0 unspecified atom stereocenters. The molecule has 0 saturated heterocycles. The number of primary amides is 1. The van der Waals surface area contributed by atoms with Crippen molar-refractivity contribution in [3.05, 3.63) is 58.1 Å². The third-order valence-electron chi connectivity index (χ3n) is 2.89. The van der Waals surface area contributed by atoms with E-state index in [1.54, 1.807) is 24.3 Å². The van der Waals surface area contributed by atoms with Gasteiger partial charge in [0.15, 0.2) is 6.61 Å². The number of benzene rings is 2. The van der Waals surface area contributed by atoms with Gasteiger partial charge in [0, 0.05) is 15.7 Å². The smallest absolute Gasteiger partial charge is 0.255 e. The van der Waals surface area contributed by atoms with Crippen molar-refractivity contribution in [3.8, 4) is 5.75 Å². The maximum atomic E-state index is 12.2. The van der Waals surface area contributed by atoms with Crippen LogP contribution in [-0.4, -0.2) is 18.4 Å². The highest BCUT2D eigenvalue weighted by atomic mass is 79.9. The fourth-order valence-electron chi connectivity index (χ4n) is 1.81. The van der Waals surface area contributed by atoms with Gasteiger partial charge in [-0.05, 0) is 48.9 Å². The molecule has 0 aliphatic heterocycles. The second kappa shape index (κ2) is 7.09. The molecule has 3 N–H and O–H groups in total. The van der Waals surface area contributed by atoms with E-state index in [2.05, 4.69) is 21.2 Å². The number of nitrogens with two attached hydrogens (primary N) is 1. The number of halogens is 1. The SMILES string of the molecule is Cc1cc(NC(=O)c2cccc(OCC(N)=O)c2)ccc1Br. The molecule has 0 fully saturated rings. The van der Waals surface area contributed by atoms with Crippen LogP contribution in [0.2, 0.25) is 0 Å². The van der Waals surface area contributed by atoms with Gasteiger partial charge < -0.3 is 15.8 Å². The summed E-state index contributed by atoms with van der Waals surface area (Å²) in [6, 6.07) is 12.1. The van der Waals surface area contributed by atoms with Crippen molar-refractivity contribution >= 4 is 33.4 Å². The van der Waals surface area contributed by atoms with Crippen molar-refractivity contribution in [1.82, 2.24) is 0 Å². The summed E-state index contributed by atoms with van der Waals surface area (Å²) in [5, 5.41) is 2.81. The lowest BCUT2D eigenvalue weighted by atomic mass is 10.2. The monoisotopic (exact) mass is 362 g/mol. The Morgan fingerprint density at radius 3 is 2.68 bits per heavy atom. The van der Waals surface area contributed by atoms with E-state index in [0.29, 0.717) is 17.0 Å². The van der Waals surface area contributed by atoms with Crippen molar-refractivity contribution in [3.63, 3.8) is 0 Å². The first kappa shape index (κ1) is 16.0. The average molecular weight is 363 g/mol. The molecule has 0 saturated carbocycles. The molecule has 0 spiro atoms. The highest BCUT2D eigenvalue weighted by Gasteiger charge is 2.08. The highest BCUT2D eigenvalue weighted by Crippen LogP contribution is 2.21. The van der Waals surface area contributed by atoms with E-state index >= 15 is 0 Å². The normalized spacial score (nSPS) is 10.1. The molecule has 0 aliphatic rings. The van der Waals surface area contributed by atoms with Gasteiger partial charge in [0.2, 0.25) is 0 Å². The van der Waals surface area contributed by atoms with Gasteiger partial charge in [0.25, 0.3) is 11.8 Å². The van der Waals surface area contributed by atoms with Crippen LogP contribution in [0.15, 0.2) is 46.9 Å². The van der Waals surface area contributed by atoms with Crippen molar-refractivity contribution < 1.29 is 14.3 Å². The number of anilines is 1. The van der Waals surface area contributed by atoms with Crippen LogP contribution in [0.25, 0.3) is 0 Å². The molecule has 2 amide bonds. The van der Waals surface area contributed by atoms with Crippen LogP contribution in [0.4, 0.5) is 5.69 Å². The minimum Gasteiger partial charge on any atom is -0.484 e. The van der Waals surface area contributed by atoms with Gasteiger partial charge in [-0.1, -0.05) is 22.0 Å². The topological polar surface area (TPSA) is 81.4 Å². The predicted molar refractivity (Wildman–Crippen MR) is 88.0 cm³/mol. The molecule has 5 nitrogen and oxygen atoms in total. The van der Waals surface area contributed by atoms with Crippen molar-refractivity contribution in [2.24, 2.45) is 5.73 Å².